The first-order valence-electron chi connectivity index (χ1n) is 7.50. The smallest absolute Gasteiger partial charge is 0.329 e. The Morgan fingerprint density at radius 3 is 2.83 bits per heavy atom. The second kappa shape index (κ2) is 6.98. The van der Waals surface area contributed by atoms with Gasteiger partial charge in [-0.05, 0) is 37.1 Å². The fourth-order valence-corrected chi connectivity index (χ4v) is 2.86. The Morgan fingerprint density at radius 2 is 2.17 bits per heavy atom. The minimum Gasteiger partial charge on any atom is -0.394 e. The zero-order valence-electron chi connectivity index (χ0n) is 12.7. The van der Waals surface area contributed by atoms with Crippen LogP contribution in [0.1, 0.15) is 12.8 Å². The topological polar surface area (TPSA) is 104 Å². The summed E-state index contributed by atoms with van der Waals surface area (Å²) in [5.41, 5.74) is 0.552. The fourth-order valence-electron chi connectivity index (χ4n) is 2.73. The summed E-state index contributed by atoms with van der Waals surface area (Å²) in [6.45, 7) is 0.546. The highest BCUT2D eigenvalue weighted by molar-refractivity contribution is 6.30. The molecule has 1 aromatic carbocycles. The fraction of sp³-hybridized carbons (Fsp3) is 0.333. The monoisotopic (exact) mass is 349 g/mol. The van der Waals surface area contributed by atoms with Gasteiger partial charge in [0.1, 0.15) is 6.20 Å². The summed E-state index contributed by atoms with van der Waals surface area (Å²) in [4.78, 5) is 20.9. The van der Waals surface area contributed by atoms with Gasteiger partial charge in [0.05, 0.1) is 17.6 Å². The number of aromatic nitrogens is 2. The summed E-state index contributed by atoms with van der Waals surface area (Å²) in [6, 6.07) is 6.80. The molecule has 0 unspecified atom stereocenters. The van der Waals surface area contributed by atoms with Crippen molar-refractivity contribution in [2.75, 3.05) is 23.4 Å². The highest BCUT2D eigenvalue weighted by atomic mass is 35.5. The SMILES string of the molecule is O=[N+]([O-])c1cnc(Nc2ccc(Cl)cc2)nc1N1CCC[C@H]1CO. The maximum Gasteiger partial charge on any atom is 0.329 e. The van der Waals surface area contributed by atoms with Crippen LogP contribution in [0.5, 0.6) is 0 Å². The van der Waals surface area contributed by atoms with Crippen molar-refractivity contribution in [2.45, 2.75) is 18.9 Å². The van der Waals surface area contributed by atoms with E-state index in [1.807, 2.05) is 0 Å². The number of hydrogen-bond acceptors (Lipinski definition) is 7. The number of nitrogens with zero attached hydrogens (tertiary/aromatic N) is 4. The molecule has 9 heteroatoms. The lowest BCUT2D eigenvalue weighted by atomic mass is 10.2. The molecule has 2 heterocycles. The first-order chi connectivity index (χ1) is 11.6. The van der Waals surface area contributed by atoms with Gasteiger partial charge in [-0.15, -0.1) is 0 Å². The molecule has 2 N–H and O–H groups in total. The molecule has 0 spiro atoms. The Kier molecular flexibility index (Phi) is 4.77. The second-order valence-electron chi connectivity index (χ2n) is 5.46. The van der Waals surface area contributed by atoms with Crippen LogP contribution in [0.2, 0.25) is 5.02 Å². The molecule has 1 aromatic heterocycles. The van der Waals surface area contributed by atoms with Crippen molar-refractivity contribution in [3.63, 3.8) is 0 Å². The first-order valence-corrected chi connectivity index (χ1v) is 7.88. The lowest BCUT2D eigenvalue weighted by Crippen LogP contribution is -2.33. The number of aliphatic hydroxyl groups is 1. The van der Waals surface area contributed by atoms with Crippen molar-refractivity contribution in [3.8, 4) is 0 Å². The van der Waals surface area contributed by atoms with E-state index in [4.69, 9.17) is 11.6 Å². The number of hydrogen-bond donors (Lipinski definition) is 2. The lowest BCUT2D eigenvalue weighted by Gasteiger charge is -2.23. The lowest BCUT2D eigenvalue weighted by molar-refractivity contribution is -0.384. The van der Waals surface area contributed by atoms with Gasteiger partial charge in [-0.3, -0.25) is 10.1 Å². The van der Waals surface area contributed by atoms with E-state index >= 15 is 0 Å². The molecule has 126 valence electrons. The van der Waals surface area contributed by atoms with Crippen molar-refractivity contribution < 1.29 is 10.0 Å². The maximum atomic E-state index is 11.3. The molecule has 1 fully saturated rings. The zero-order valence-corrected chi connectivity index (χ0v) is 13.5. The number of benzene rings is 1. The molecule has 3 rings (SSSR count). The molecule has 1 saturated heterocycles. The normalized spacial score (nSPS) is 17.1. The van der Waals surface area contributed by atoms with E-state index in [1.54, 1.807) is 29.2 Å². The molecule has 0 bridgehead atoms. The van der Waals surface area contributed by atoms with Crippen LogP contribution in [0.4, 0.5) is 23.1 Å². The van der Waals surface area contributed by atoms with E-state index in [1.165, 1.54) is 6.20 Å². The predicted octanol–water partition coefficient (Wildman–Crippen LogP) is 2.74. The number of rotatable bonds is 5. The van der Waals surface area contributed by atoms with Gasteiger partial charge in [-0.25, -0.2) is 4.98 Å². The first kappa shape index (κ1) is 16.4. The third kappa shape index (κ3) is 3.39. The van der Waals surface area contributed by atoms with Crippen LogP contribution in [0.3, 0.4) is 0 Å². The van der Waals surface area contributed by atoms with Crippen LogP contribution >= 0.6 is 11.6 Å². The average Bonchev–Trinajstić information content (AvgIpc) is 3.05. The van der Waals surface area contributed by atoms with E-state index < -0.39 is 4.92 Å². The third-order valence-corrected chi connectivity index (χ3v) is 4.16. The van der Waals surface area contributed by atoms with Crippen molar-refractivity contribution in [1.82, 2.24) is 9.97 Å². The molecule has 24 heavy (non-hydrogen) atoms. The summed E-state index contributed by atoms with van der Waals surface area (Å²) in [6.07, 6.45) is 2.82. The van der Waals surface area contributed by atoms with Gasteiger partial charge >= 0.3 is 5.69 Å². The Morgan fingerprint density at radius 1 is 1.42 bits per heavy atom. The number of nitro groups is 1. The van der Waals surface area contributed by atoms with Crippen LogP contribution in [0.15, 0.2) is 30.5 Å². The molecule has 2 aromatic rings. The van der Waals surface area contributed by atoms with Crippen LogP contribution < -0.4 is 10.2 Å². The van der Waals surface area contributed by atoms with Crippen LogP contribution in [-0.2, 0) is 0 Å². The molecule has 0 saturated carbocycles. The summed E-state index contributed by atoms with van der Waals surface area (Å²) >= 11 is 5.85. The second-order valence-corrected chi connectivity index (χ2v) is 5.90. The molecule has 0 radical (unpaired) electrons. The number of anilines is 3. The maximum absolute atomic E-state index is 11.3. The van der Waals surface area contributed by atoms with Crippen LogP contribution in [0, 0.1) is 10.1 Å². The van der Waals surface area contributed by atoms with E-state index in [0.29, 0.717) is 11.6 Å². The predicted molar refractivity (Wildman–Crippen MR) is 90.9 cm³/mol. The molecular formula is C15H16ClN5O3. The van der Waals surface area contributed by atoms with Gasteiger partial charge in [0, 0.05) is 17.3 Å². The van der Waals surface area contributed by atoms with Crippen molar-refractivity contribution >= 4 is 34.7 Å². The van der Waals surface area contributed by atoms with Crippen LogP contribution in [-0.4, -0.2) is 39.2 Å². The van der Waals surface area contributed by atoms with Gasteiger partial charge in [-0.2, -0.15) is 4.98 Å². The summed E-state index contributed by atoms with van der Waals surface area (Å²) in [5.74, 6) is 0.476. The molecule has 1 aliphatic heterocycles. The number of aliphatic hydroxyl groups excluding tert-OH is 1. The minimum atomic E-state index is -0.506. The number of halogens is 1. The largest absolute Gasteiger partial charge is 0.394 e. The van der Waals surface area contributed by atoms with Crippen molar-refractivity contribution in [1.29, 1.82) is 0 Å². The Balaban J connectivity index is 1.93. The summed E-state index contributed by atoms with van der Waals surface area (Å²) < 4.78 is 0. The molecular weight excluding hydrogens is 334 g/mol. The molecule has 0 amide bonds. The van der Waals surface area contributed by atoms with Gasteiger partial charge < -0.3 is 15.3 Å². The Labute approximate surface area is 143 Å². The zero-order chi connectivity index (χ0) is 17.1. The highest BCUT2D eigenvalue weighted by Crippen LogP contribution is 2.32. The van der Waals surface area contributed by atoms with Gasteiger partial charge in [0.25, 0.3) is 0 Å². The van der Waals surface area contributed by atoms with Gasteiger partial charge in [0.15, 0.2) is 0 Å². The van der Waals surface area contributed by atoms with Crippen molar-refractivity contribution in [2.24, 2.45) is 0 Å². The van der Waals surface area contributed by atoms with E-state index in [2.05, 4.69) is 15.3 Å². The molecule has 1 aliphatic rings. The summed E-state index contributed by atoms with van der Waals surface area (Å²) in [5, 5.41) is 24.4. The van der Waals surface area contributed by atoms with E-state index in [9.17, 15) is 15.2 Å². The standard InChI is InChI=1S/C15H16ClN5O3/c16-10-3-5-11(6-4-10)18-15-17-8-13(21(23)24)14(19-15)20-7-1-2-12(20)9-22/h3-6,8,12,22H,1-2,7,9H2,(H,17,18,19)/t12-/m0/s1. The van der Waals surface area contributed by atoms with E-state index in [0.717, 1.165) is 18.5 Å². The minimum absolute atomic E-state index is 0.0683. The Bertz CT molecular complexity index is 740. The van der Waals surface area contributed by atoms with Gasteiger partial charge in [0.2, 0.25) is 11.8 Å². The number of nitrogens with one attached hydrogen (secondary N) is 1. The molecule has 8 nitrogen and oxygen atoms in total. The van der Waals surface area contributed by atoms with Crippen LogP contribution in [0.25, 0.3) is 0 Å². The molecule has 0 aliphatic carbocycles. The summed E-state index contributed by atoms with van der Waals surface area (Å²) in [7, 11) is 0. The molecule has 1 atom stereocenters. The van der Waals surface area contributed by atoms with E-state index in [-0.39, 0.29) is 30.1 Å². The Hall–Kier alpha value is -2.45. The highest BCUT2D eigenvalue weighted by Gasteiger charge is 2.31. The average molecular weight is 350 g/mol. The van der Waals surface area contributed by atoms with Gasteiger partial charge in [-0.1, -0.05) is 11.6 Å². The third-order valence-electron chi connectivity index (χ3n) is 3.91. The quantitative estimate of drug-likeness (QED) is 0.631. The van der Waals surface area contributed by atoms with Crippen molar-refractivity contribution in [3.05, 3.63) is 45.6 Å².